The van der Waals surface area contributed by atoms with Gasteiger partial charge < -0.3 is 9.64 Å². The molecule has 148 valence electrons. The molecule has 0 aromatic heterocycles. The molecule has 0 radical (unpaired) electrons. The summed E-state index contributed by atoms with van der Waals surface area (Å²) in [5.41, 5.74) is 6.02. The van der Waals surface area contributed by atoms with E-state index in [9.17, 15) is 4.79 Å². The topological polar surface area (TPSA) is 29.5 Å². The molecule has 1 heterocycles. The fourth-order valence-corrected chi connectivity index (χ4v) is 3.79. The quantitative estimate of drug-likeness (QED) is 0.420. The molecule has 4 rings (SSSR count). The Morgan fingerprint density at radius 2 is 1.24 bits per heavy atom. The largest absolute Gasteiger partial charge is 0.426 e. The van der Waals surface area contributed by atoms with Gasteiger partial charge in [0.1, 0.15) is 5.75 Å². The van der Waals surface area contributed by atoms with E-state index in [1.807, 2.05) is 24.3 Å². The van der Waals surface area contributed by atoms with Gasteiger partial charge in [-0.25, -0.2) is 0 Å². The van der Waals surface area contributed by atoms with Crippen molar-refractivity contribution < 1.29 is 9.53 Å². The molecule has 1 aliphatic rings. The highest BCUT2D eigenvalue weighted by molar-refractivity contribution is 5.76. The van der Waals surface area contributed by atoms with Crippen molar-refractivity contribution in [1.82, 2.24) is 0 Å². The van der Waals surface area contributed by atoms with Gasteiger partial charge in [0.2, 0.25) is 0 Å². The van der Waals surface area contributed by atoms with Crippen molar-refractivity contribution in [2.24, 2.45) is 5.92 Å². The van der Waals surface area contributed by atoms with E-state index in [0.717, 1.165) is 37.1 Å². The molecule has 0 aliphatic carbocycles. The van der Waals surface area contributed by atoms with E-state index in [1.54, 1.807) is 0 Å². The van der Waals surface area contributed by atoms with Crippen molar-refractivity contribution in [1.29, 1.82) is 0 Å². The van der Waals surface area contributed by atoms with E-state index < -0.39 is 0 Å². The zero-order valence-corrected chi connectivity index (χ0v) is 17.1. The highest BCUT2D eigenvalue weighted by Gasteiger charge is 2.26. The Bertz CT molecular complexity index is 951. The van der Waals surface area contributed by atoms with Gasteiger partial charge in [-0.3, -0.25) is 4.79 Å². The number of anilines is 1. The van der Waals surface area contributed by atoms with Crippen LogP contribution < -0.4 is 9.64 Å². The van der Waals surface area contributed by atoms with Crippen molar-refractivity contribution in [3.05, 3.63) is 83.9 Å². The van der Waals surface area contributed by atoms with Crippen LogP contribution in [-0.4, -0.2) is 19.1 Å². The third-order valence-corrected chi connectivity index (χ3v) is 5.69. The molecular formula is C26H27NO2. The smallest absolute Gasteiger partial charge is 0.314 e. The number of benzene rings is 3. The number of piperidine rings is 1. The van der Waals surface area contributed by atoms with Gasteiger partial charge >= 0.3 is 5.97 Å². The number of nitrogens with zero attached hydrogens (tertiary/aromatic N) is 1. The van der Waals surface area contributed by atoms with Crippen LogP contribution >= 0.6 is 0 Å². The molecule has 3 aromatic carbocycles. The summed E-state index contributed by atoms with van der Waals surface area (Å²) in [5, 5.41) is 0. The monoisotopic (exact) mass is 385 g/mol. The fourth-order valence-electron chi connectivity index (χ4n) is 3.79. The number of esters is 1. The number of hydrogen-bond donors (Lipinski definition) is 0. The summed E-state index contributed by atoms with van der Waals surface area (Å²) < 4.78 is 5.66. The minimum absolute atomic E-state index is 0.0338. The first-order valence-corrected chi connectivity index (χ1v) is 10.3. The molecule has 0 atom stereocenters. The fraction of sp³-hybridized carbons (Fsp3) is 0.269. The average Bonchev–Trinajstić information content (AvgIpc) is 2.76. The first kappa shape index (κ1) is 19.3. The molecule has 3 heteroatoms. The van der Waals surface area contributed by atoms with Crippen molar-refractivity contribution >= 4 is 11.7 Å². The van der Waals surface area contributed by atoms with Gasteiger partial charge in [-0.05, 0) is 62.1 Å². The lowest BCUT2D eigenvalue weighted by Gasteiger charge is -2.32. The first-order valence-electron chi connectivity index (χ1n) is 10.3. The maximum Gasteiger partial charge on any atom is 0.314 e. The van der Waals surface area contributed by atoms with Crippen LogP contribution in [0.4, 0.5) is 5.69 Å². The maximum absolute atomic E-state index is 12.6. The van der Waals surface area contributed by atoms with Crippen LogP contribution in [-0.2, 0) is 4.79 Å². The molecule has 0 amide bonds. The van der Waals surface area contributed by atoms with Crippen molar-refractivity contribution in [2.45, 2.75) is 26.7 Å². The number of ether oxygens (including phenoxy) is 1. The summed E-state index contributed by atoms with van der Waals surface area (Å²) in [6.07, 6.45) is 1.66. The Morgan fingerprint density at radius 1 is 0.759 bits per heavy atom. The van der Waals surface area contributed by atoms with E-state index in [4.69, 9.17) is 4.74 Å². The van der Waals surface area contributed by atoms with Crippen LogP contribution in [0.15, 0.2) is 72.8 Å². The Hall–Kier alpha value is -3.07. The minimum Gasteiger partial charge on any atom is -0.426 e. The highest BCUT2D eigenvalue weighted by atomic mass is 16.5. The number of hydrogen-bond acceptors (Lipinski definition) is 3. The van der Waals surface area contributed by atoms with Gasteiger partial charge in [-0.2, -0.15) is 0 Å². The standard InChI is InChI=1S/C26H27NO2/c1-19-3-7-21(8-4-19)22-9-13-25(14-10-22)29-26(28)23-15-17-27(18-16-23)24-11-5-20(2)6-12-24/h3-14,23H,15-18H2,1-2H3. The SMILES string of the molecule is Cc1ccc(-c2ccc(OC(=O)C3CCN(c4ccc(C)cc4)CC3)cc2)cc1. The zero-order valence-electron chi connectivity index (χ0n) is 17.1. The minimum atomic E-state index is -0.114. The Labute approximate surface area is 172 Å². The van der Waals surface area contributed by atoms with Gasteiger partial charge in [0.25, 0.3) is 0 Å². The second-order valence-electron chi connectivity index (χ2n) is 7.91. The molecule has 0 N–H and O–H groups in total. The maximum atomic E-state index is 12.6. The van der Waals surface area contributed by atoms with Crippen molar-refractivity contribution in [2.75, 3.05) is 18.0 Å². The second kappa shape index (κ2) is 8.52. The highest BCUT2D eigenvalue weighted by Crippen LogP contribution is 2.27. The van der Waals surface area contributed by atoms with Crippen LogP contribution in [0, 0.1) is 19.8 Å². The predicted molar refractivity (Wildman–Crippen MR) is 118 cm³/mol. The van der Waals surface area contributed by atoms with Gasteiger partial charge in [0.05, 0.1) is 5.92 Å². The van der Waals surface area contributed by atoms with Crippen LogP contribution in [0.3, 0.4) is 0 Å². The molecule has 0 bridgehead atoms. The first-order chi connectivity index (χ1) is 14.1. The number of aryl methyl sites for hydroxylation is 2. The molecule has 0 saturated carbocycles. The molecule has 29 heavy (non-hydrogen) atoms. The van der Waals surface area contributed by atoms with Crippen LogP contribution in [0.2, 0.25) is 0 Å². The van der Waals surface area contributed by atoms with E-state index in [1.165, 1.54) is 16.8 Å². The van der Waals surface area contributed by atoms with Crippen LogP contribution in [0.25, 0.3) is 11.1 Å². The number of carbonyl (C=O) groups is 1. The third kappa shape index (κ3) is 4.68. The lowest BCUT2D eigenvalue weighted by atomic mass is 9.96. The molecular weight excluding hydrogens is 358 g/mol. The Balaban J connectivity index is 1.32. The third-order valence-electron chi connectivity index (χ3n) is 5.69. The molecule has 0 spiro atoms. The van der Waals surface area contributed by atoms with Crippen LogP contribution in [0.1, 0.15) is 24.0 Å². The summed E-state index contributed by atoms with van der Waals surface area (Å²) in [5.74, 6) is 0.469. The lowest BCUT2D eigenvalue weighted by Crippen LogP contribution is -2.37. The normalized spacial score (nSPS) is 14.6. The van der Waals surface area contributed by atoms with Gasteiger partial charge in [0.15, 0.2) is 0 Å². The molecule has 3 nitrogen and oxygen atoms in total. The van der Waals surface area contributed by atoms with E-state index in [-0.39, 0.29) is 11.9 Å². The molecule has 1 saturated heterocycles. The molecule has 1 fully saturated rings. The van der Waals surface area contributed by atoms with Gasteiger partial charge in [-0.15, -0.1) is 0 Å². The predicted octanol–water partition coefficient (Wildman–Crippen LogP) is 5.79. The number of rotatable bonds is 4. The summed E-state index contributed by atoms with van der Waals surface area (Å²) in [6.45, 7) is 5.95. The Morgan fingerprint density at radius 3 is 1.79 bits per heavy atom. The Kier molecular flexibility index (Phi) is 5.66. The van der Waals surface area contributed by atoms with Crippen LogP contribution in [0.5, 0.6) is 5.75 Å². The van der Waals surface area contributed by atoms with Gasteiger partial charge in [0, 0.05) is 18.8 Å². The summed E-state index contributed by atoms with van der Waals surface area (Å²) in [7, 11) is 0. The zero-order chi connectivity index (χ0) is 20.2. The van der Waals surface area contributed by atoms with Crippen molar-refractivity contribution in [3.63, 3.8) is 0 Å². The van der Waals surface area contributed by atoms with E-state index in [2.05, 4.69) is 67.3 Å². The summed E-state index contributed by atoms with van der Waals surface area (Å²) in [6, 6.07) is 24.8. The molecule has 0 unspecified atom stereocenters. The summed E-state index contributed by atoms with van der Waals surface area (Å²) in [4.78, 5) is 15.0. The average molecular weight is 386 g/mol. The lowest BCUT2D eigenvalue weighted by molar-refractivity contribution is -0.139. The number of carbonyl (C=O) groups excluding carboxylic acids is 1. The van der Waals surface area contributed by atoms with E-state index in [0.29, 0.717) is 5.75 Å². The van der Waals surface area contributed by atoms with E-state index >= 15 is 0 Å². The summed E-state index contributed by atoms with van der Waals surface area (Å²) >= 11 is 0. The van der Waals surface area contributed by atoms with Crippen molar-refractivity contribution in [3.8, 4) is 16.9 Å². The second-order valence-corrected chi connectivity index (χ2v) is 7.91. The molecule has 1 aliphatic heterocycles. The molecule has 3 aromatic rings. The van der Waals surface area contributed by atoms with Gasteiger partial charge in [-0.1, -0.05) is 59.7 Å².